The van der Waals surface area contributed by atoms with Gasteiger partial charge in [0.1, 0.15) is 42.6 Å². The van der Waals surface area contributed by atoms with Crippen molar-refractivity contribution in [3.05, 3.63) is 53.4 Å². The van der Waals surface area contributed by atoms with Crippen molar-refractivity contribution >= 4 is 23.7 Å². The first-order chi connectivity index (χ1) is 35.9. The molecule has 17 nitrogen and oxygen atoms in total. The molecule has 3 saturated heterocycles. The molecule has 0 bridgehead atoms. The fourth-order valence-electron chi connectivity index (χ4n) is 12.7. The van der Waals surface area contributed by atoms with Crippen molar-refractivity contribution < 1.29 is 57.7 Å². The van der Waals surface area contributed by atoms with Crippen molar-refractivity contribution in [1.82, 2.24) is 30.1 Å². The summed E-state index contributed by atoms with van der Waals surface area (Å²) in [5, 5.41) is 49.0. The van der Waals surface area contributed by atoms with Crippen LogP contribution in [0.4, 0.5) is 4.39 Å². The molecule has 19 atom stereocenters. The molecule has 76 heavy (non-hydrogen) atoms. The molecular weight excluding hydrogens is 996 g/mol. The Bertz CT molecular complexity index is 2130. The van der Waals surface area contributed by atoms with Crippen LogP contribution in [0.15, 0.2) is 36.5 Å². The van der Waals surface area contributed by atoms with E-state index < -0.39 is 108 Å². The molecule has 4 N–H and O–H groups in total. The van der Waals surface area contributed by atoms with Gasteiger partial charge in [-0.1, -0.05) is 57.2 Å². The summed E-state index contributed by atoms with van der Waals surface area (Å²) in [5.74, 6) is -0.318. The van der Waals surface area contributed by atoms with E-state index in [1.54, 1.807) is 50.7 Å². The largest absolute Gasteiger partial charge is 0.459 e. The van der Waals surface area contributed by atoms with Crippen molar-refractivity contribution in [2.24, 2.45) is 29.6 Å². The second-order valence-electron chi connectivity index (χ2n) is 23.3. The molecule has 2 unspecified atom stereocenters. The van der Waals surface area contributed by atoms with Crippen LogP contribution in [0, 0.1) is 29.6 Å². The van der Waals surface area contributed by atoms with E-state index in [4.69, 9.17) is 28.4 Å². The number of cyclic esters (lactones) is 1. The number of benzene rings is 1. The molecule has 0 radical (unpaired) electrons. The predicted octanol–water partition coefficient (Wildman–Crippen LogP) is 6.40. The van der Waals surface area contributed by atoms with Gasteiger partial charge >= 0.3 is 5.97 Å². The lowest BCUT2D eigenvalue weighted by Crippen LogP contribution is -2.59. The van der Waals surface area contributed by atoms with Crippen molar-refractivity contribution in [3.8, 4) is 0 Å². The van der Waals surface area contributed by atoms with Crippen LogP contribution in [0.2, 0.25) is 0 Å². The Kier molecular flexibility index (Phi) is 24.0. The summed E-state index contributed by atoms with van der Waals surface area (Å²) >= 11 is 1.80. The first-order valence-corrected chi connectivity index (χ1v) is 29.0. The molecule has 0 saturated carbocycles. The van der Waals surface area contributed by atoms with Gasteiger partial charge in [0.15, 0.2) is 6.29 Å². The molecule has 432 valence electrons. The predicted molar refractivity (Wildman–Crippen MR) is 293 cm³/mol. The van der Waals surface area contributed by atoms with Gasteiger partial charge in [-0.25, -0.2) is 13.9 Å². The van der Waals surface area contributed by atoms with E-state index in [0.29, 0.717) is 38.0 Å². The second-order valence-corrected chi connectivity index (χ2v) is 24.2. The zero-order chi connectivity index (χ0) is 56.3. The van der Waals surface area contributed by atoms with Crippen LogP contribution < -0.4 is 5.32 Å². The molecule has 3 fully saturated rings. The Balaban J connectivity index is 1.42. The fraction of sp³-hybridized carbons (Fsp3) is 0.807. The van der Waals surface area contributed by atoms with Gasteiger partial charge < -0.3 is 58.9 Å². The Labute approximate surface area is 457 Å². The van der Waals surface area contributed by atoms with Crippen LogP contribution in [-0.4, -0.2) is 190 Å². The summed E-state index contributed by atoms with van der Waals surface area (Å²) in [7, 11) is 7.11. The number of rotatable bonds is 20. The van der Waals surface area contributed by atoms with Gasteiger partial charge in [-0.3, -0.25) is 4.79 Å². The highest BCUT2D eigenvalue weighted by Crippen LogP contribution is 2.47. The number of likely N-dealkylation sites (N-methyl/N-ethyl adjacent to an activating group) is 2. The normalized spacial score (nSPS) is 37.4. The summed E-state index contributed by atoms with van der Waals surface area (Å²) < 4.78 is 55.4. The minimum atomic E-state index is -1.81. The maximum atomic E-state index is 14.9. The van der Waals surface area contributed by atoms with E-state index in [2.05, 4.69) is 33.8 Å². The third-order valence-corrected chi connectivity index (χ3v) is 17.9. The minimum Gasteiger partial charge on any atom is -0.459 e. The smallest absolute Gasteiger partial charge is 0.309 e. The molecule has 19 heteroatoms. The van der Waals surface area contributed by atoms with Crippen LogP contribution in [0.1, 0.15) is 130 Å². The Morgan fingerprint density at radius 2 is 1.76 bits per heavy atom. The lowest BCUT2D eigenvalue weighted by Gasteiger charge is -2.51. The highest BCUT2D eigenvalue weighted by molar-refractivity contribution is 7.98. The van der Waals surface area contributed by atoms with E-state index in [1.165, 1.54) is 13.0 Å². The van der Waals surface area contributed by atoms with Gasteiger partial charge in [0, 0.05) is 102 Å². The molecule has 5 rings (SSSR count). The number of aliphatic hydroxyl groups is 3. The number of aliphatic hydroxyl groups excluding tert-OH is 1. The Morgan fingerprint density at radius 1 is 1.07 bits per heavy atom. The maximum Gasteiger partial charge on any atom is 0.309 e. The van der Waals surface area contributed by atoms with Crippen molar-refractivity contribution in [2.75, 3.05) is 66.6 Å². The number of nitrogens with one attached hydrogen (secondary N) is 1. The number of esters is 1. The highest BCUT2D eigenvalue weighted by Gasteiger charge is 2.54. The number of halogens is 1. The van der Waals surface area contributed by atoms with E-state index in [0.717, 1.165) is 30.0 Å². The van der Waals surface area contributed by atoms with Gasteiger partial charge in [-0.2, -0.15) is 11.8 Å². The van der Waals surface area contributed by atoms with Gasteiger partial charge in [-0.05, 0) is 104 Å². The van der Waals surface area contributed by atoms with Crippen LogP contribution >= 0.6 is 11.8 Å². The SMILES string of the molecule is CC[C@H]1OC(=O)[C@H](C)[C@@H](C2C[C@@](C)(OC)C(C=C=O)[C@H](C)O2)[C@H](C)[C@@H](O[C@H]2C[C@@H](N(C)CCc3cn([C@H](CF)[C@H](OC)c4ccc(CNCCSC)cc4)nn3)C[C@@H](C)O2)[C@](C)(O)C[C@@H](C)CN(C)[C@H](C)[C@@H](O)[C@]1(C)O. The standard InChI is InChI=1S/C57H95FN6O11S/c1-16-48-57(10,69)52(66)39(6)63(12)33-35(2)29-55(8,68)53(37(4)50(38(5)54(67)74-48)47-30-56(9,71-14)45(22-25-65)40(7)73-47)75-49-28-44(27-36(3)72-49)62(11)24-21-43-34-64(61-60-43)46(31-58)51(70-13)42-19-17-41(18-20-42)32-59-23-26-76-15/h17-20,22,34-40,44-53,59,66,68-69H,16,21,23-24,26-33H2,1-15H3/t35-,36-,37+,38-,39-,40+,44+,45?,46-,47?,48-,49+,50+,51-,52-,53-,55-,56-,57-/m1/s1. The maximum absolute atomic E-state index is 14.9. The number of hydrogen-bond donors (Lipinski definition) is 4. The zero-order valence-corrected chi connectivity index (χ0v) is 49.1. The molecule has 3 aliphatic rings. The number of carbonyl (C=O) groups is 1. The zero-order valence-electron chi connectivity index (χ0n) is 48.3. The minimum absolute atomic E-state index is 0.00294. The summed E-state index contributed by atoms with van der Waals surface area (Å²) in [5.41, 5.74) is -1.49. The highest BCUT2D eigenvalue weighted by atomic mass is 32.2. The van der Waals surface area contributed by atoms with Crippen LogP contribution in [0.5, 0.6) is 0 Å². The van der Waals surface area contributed by atoms with E-state index in [-0.39, 0.29) is 37.3 Å². The number of nitrogens with zero attached hydrogens (tertiary/aromatic N) is 5. The van der Waals surface area contributed by atoms with Crippen LogP contribution in [0.3, 0.4) is 0 Å². The van der Waals surface area contributed by atoms with Gasteiger partial charge in [0.05, 0.1) is 47.2 Å². The van der Waals surface area contributed by atoms with Crippen molar-refractivity contribution in [2.45, 2.75) is 198 Å². The average Bonchev–Trinajstić information content (AvgIpc) is 3.85. The van der Waals surface area contributed by atoms with E-state index in [1.807, 2.05) is 90.6 Å². The van der Waals surface area contributed by atoms with Gasteiger partial charge in [0.25, 0.3) is 0 Å². The molecule has 0 amide bonds. The summed E-state index contributed by atoms with van der Waals surface area (Å²) in [6, 6.07) is 6.79. The number of ether oxygens (including phenoxy) is 6. The first kappa shape index (κ1) is 63.9. The van der Waals surface area contributed by atoms with E-state index in [9.17, 15) is 29.3 Å². The number of carbonyl (C=O) groups excluding carboxylic acids is 2. The quantitative estimate of drug-likeness (QED) is 0.0645. The molecule has 2 aromatic rings. The Hall–Kier alpha value is -2.88. The third kappa shape index (κ3) is 15.7. The lowest BCUT2D eigenvalue weighted by atomic mass is 9.67. The molecule has 0 aliphatic carbocycles. The number of methoxy groups -OCH3 is 2. The van der Waals surface area contributed by atoms with Gasteiger partial charge in [0.2, 0.25) is 0 Å². The van der Waals surface area contributed by atoms with Crippen molar-refractivity contribution in [1.29, 1.82) is 0 Å². The summed E-state index contributed by atoms with van der Waals surface area (Å²) in [4.78, 5) is 30.8. The number of aromatic nitrogens is 3. The van der Waals surface area contributed by atoms with Crippen molar-refractivity contribution in [3.63, 3.8) is 0 Å². The molecule has 1 aromatic carbocycles. The molecule has 0 spiro atoms. The third-order valence-electron chi connectivity index (χ3n) is 17.3. The lowest BCUT2D eigenvalue weighted by molar-refractivity contribution is -0.272. The average molecular weight is 1090 g/mol. The van der Waals surface area contributed by atoms with Crippen LogP contribution in [-0.2, 0) is 51.0 Å². The number of hydrogen-bond acceptors (Lipinski definition) is 17. The topological polar surface area (TPSA) is 199 Å². The Morgan fingerprint density at radius 3 is 2.38 bits per heavy atom. The second kappa shape index (κ2) is 28.5. The van der Waals surface area contributed by atoms with Gasteiger partial charge in [-0.15, -0.1) is 5.10 Å². The molecule has 3 aliphatic heterocycles. The molecule has 1 aromatic heterocycles. The number of alkyl halides is 1. The summed E-state index contributed by atoms with van der Waals surface area (Å²) in [6.07, 6.45) is 1.89. The monoisotopic (exact) mass is 1090 g/mol. The van der Waals surface area contributed by atoms with Crippen LogP contribution in [0.25, 0.3) is 0 Å². The van der Waals surface area contributed by atoms with E-state index >= 15 is 0 Å². The molecule has 4 heterocycles. The number of thioether (sulfide) groups is 1. The fourth-order valence-corrected chi connectivity index (χ4v) is 13.0. The molecular formula is C57H95FN6O11S. The summed E-state index contributed by atoms with van der Waals surface area (Å²) in [6.45, 7) is 20.6. The first-order valence-electron chi connectivity index (χ1n) is 27.6.